The third-order valence-electron chi connectivity index (χ3n) is 28.2. The molecule has 0 amide bonds. The Bertz CT molecular complexity index is 5810. The Morgan fingerprint density at radius 3 is 0.764 bits per heavy atom. The molecule has 9 aromatic rings. The van der Waals surface area contributed by atoms with Gasteiger partial charge in [-0.15, -0.1) is 47.3 Å². The van der Waals surface area contributed by atoms with Gasteiger partial charge in [0.25, 0.3) is 0 Å². The van der Waals surface area contributed by atoms with E-state index in [9.17, 15) is 83.2 Å². The molecule has 9 saturated carbocycles. The number of anilines is 1. The van der Waals surface area contributed by atoms with Crippen molar-refractivity contribution in [2.24, 2.45) is 0 Å². The van der Waals surface area contributed by atoms with Gasteiger partial charge in [0.05, 0.1) is 113 Å². The second-order valence-corrected chi connectivity index (χ2v) is 42.9. The summed E-state index contributed by atoms with van der Waals surface area (Å²) in [6.45, 7) is 9.63. The van der Waals surface area contributed by atoms with Crippen LogP contribution in [0.4, 0.5) is 17.1 Å². The van der Waals surface area contributed by atoms with E-state index in [4.69, 9.17) is 64.4 Å². The van der Waals surface area contributed by atoms with Gasteiger partial charge in [0.15, 0.2) is 11.5 Å². The Hall–Kier alpha value is -12.5. The summed E-state index contributed by atoms with van der Waals surface area (Å²) in [5.41, 5.74) is 11.5. The fourth-order valence-corrected chi connectivity index (χ4v) is 17.5. The number of benzene rings is 9. The zero-order valence-electron chi connectivity index (χ0n) is 83.3. The summed E-state index contributed by atoms with van der Waals surface area (Å²) in [7, 11) is 9.87. The molecule has 0 spiro atoms. The number of ketones is 6. The fraction of sp³-hybridized carbons (Fsp3) is 0.409. The molecule has 792 valence electrons. The minimum Gasteiger partial charge on any atom is -0.870 e. The number of hydrogen-bond donors (Lipinski definition) is 8. The molecule has 0 aromatic heterocycles. The number of phenolic OH excluding ortho intramolecular Hbond substituents is 2. The second kappa shape index (κ2) is 54.1. The number of aliphatic hydroxyl groups excluding tert-OH is 2. The molecule has 0 radical (unpaired) electrons. The van der Waals surface area contributed by atoms with E-state index in [1.807, 2.05) is 84.9 Å². The first-order valence-corrected chi connectivity index (χ1v) is 48.8. The van der Waals surface area contributed by atoms with Gasteiger partial charge in [0.1, 0.15) is 74.9 Å². The number of carbonyl (C=O) groups excluding carboxylic acids is 8. The van der Waals surface area contributed by atoms with Gasteiger partial charge in [0.2, 0.25) is 0 Å². The van der Waals surface area contributed by atoms with Gasteiger partial charge in [-0.25, -0.2) is 0 Å². The number of carboxylic acid groups (broad SMARTS) is 3. The number of hydrogen-bond acceptors (Lipinski definition) is 28. The average Bonchev–Trinajstić information content (AvgIpc) is 1.59. The Morgan fingerprint density at radius 1 is 0.331 bits per heavy atom. The van der Waals surface area contributed by atoms with Gasteiger partial charge < -0.3 is 80.1 Å². The first kappa shape index (κ1) is 128. The van der Waals surface area contributed by atoms with E-state index in [1.54, 1.807) is 141 Å². The van der Waals surface area contributed by atoms with Gasteiger partial charge in [0, 0.05) is 37.5 Å². The van der Waals surface area contributed by atoms with Crippen molar-refractivity contribution in [2.45, 2.75) is 241 Å². The number of nitrogens with zero attached hydrogens (tertiary/aromatic N) is 2. The summed E-state index contributed by atoms with van der Waals surface area (Å²) < 4.78 is 35.4. The summed E-state index contributed by atoms with van der Waals surface area (Å²) in [4.78, 5) is 145. The molecule has 148 heavy (non-hydrogen) atoms. The number of esters is 2. The molecule has 9 fully saturated rings. The van der Waals surface area contributed by atoms with Crippen molar-refractivity contribution >= 4 is 132 Å². The summed E-state index contributed by atoms with van der Waals surface area (Å²) in [5, 5.41) is 81.4. The predicted octanol–water partition coefficient (Wildman–Crippen LogP) is 17.1. The maximum Gasteiger partial charge on any atom is 1.00 e. The maximum atomic E-state index is 11.6. The van der Waals surface area contributed by atoms with E-state index in [2.05, 4.69) is 47.3 Å². The molecule has 2 aliphatic heterocycles. The van der Waals surface area contributed by atoms with Crippen molar-refractivity contribution in [3.05, 3.63) is 269 Å². The molecule has 20 rings (SSSR count). The average molecular weight is 2230 g/mol. The largest absolute Gasteiger partial charge is 1.00 e. The normalized spacial score (nSPS) is 16.6. The number of methoxy groups -OCH3 is 5. The van der Waals surface area contributed by atoms with Gasteiger partial charge in [-0.3, -0.25) is 73.0 Å². The number of aliphatic hydroxyl groups is 2. The predicted molar refractivity (Wildman–Crippen MR) is 567 cm³/mol. The van der Waals surface area contributed by atoms with Crippen molar-refractivity contribution in [3.63, 3.8) is 0 Å². The number of ether oxygens (including phenoxy) is 7. The molecule has 0 bridgehead atoms. The van der Waals surface area contributed by atoms with Crippen LogP contribution < -0.4 is 57.8 Å². The third-order valence-corrected chi connectivity index (χ3v) is 28.2. The van der Waals surface area contributed by atoms with Crippen LogP contribution in [-0.4, -0.2) is 169 Å². The minimum absolute atomic E-state index is 0. The number of fused-ring (bicyclic) bond motifs is 2. The number of phenols is 2. The van der Waals surface area contributed by atoms with E-state index in [-0.39, 0.29) is 153 Å². The number of aliphatic carboxylic acids is 3. The zero-order valence-corrected chi connectivity index (χ0v) is 88.0. The molecule has 0 atom stereocenters. The van der Waals surface area contributed by atoms with Gasteiger partial charge >= 0.3 is 63.3 Å². The number of nitrogens with two attached hydrogens (primary N) is 1. The van der Waals surface area contributed by atoms with E-state index >= 15 is 0 Å². The molecule has 0 saturated heterocycles. The van der Waals surface area contributed by atoms with Crippen LogP contribution in [0.25, 0.3) is 0 Å². The Morgan fingerprint density at radius 2 is 0.534 bits per heavy atom. The number of nitrogen functional groups attached to an aromatic ring is 1. The topological polar surface area (TPSA) is 536 Å². The van der Waals surface area contributed by atoms with Crippen LogP contribution >= 0.6 is 47.3 Å². The van der Waals surface area contributed by atoms with E-state index in [0.717, 1.165) is 196 Å². The van der Waals surface area contributed by atoms with E-state index in [1.165, 1.54) is 39.2 Å². The van der Waals surface area contributed by atoms with Crippen LogP contribution in [0.5, 0.6) is 51.7 Å². The van der Waals surface area contributed by atoms with Crippen molar-refractivity contribution in [1.29, 1.82) is 0 Å². The summed E-state index contributed by atoms with van der Waals surface area (Å²) in [6, 6.07) is 55.0. The van der Waals surface area contributed by atoms with Gasteiger partial charge in [-0.2, -0.15) is 0 Å². The van der Waals surface area contributed by atoms with Gasteiger partial charge in [-0.05, 0) is 292 Å². The first-order valence-electron chi connectivity index (χ1n) is 46.0. The summed E-state index contributed by atoms with van der Waals surface area (Å²) in [6.07, 6.45) is 15.5. The number of carboxylic acids is 3. The van der Waals surface area contributed by atoms with Crippen molar-refractivity contribution in [1.82, 2.24) is 0 Å². The molecule has 38 heteroatoms. The van der Waals surface area contributed by atoms with Crippen LogP contribution in [0.3, 0.4) is 0 Å². The van der Waals surface area contributed by atoms with Crippen molar-refractivity contribution < 1.29 is 156 Å². The van der Waals surface area contributed by atoms with Crippen LogP contribution in [0.1, 0.15) is 241 Å². The summed E-state index contributed by atoms with van der Waals surface area (Å²) in [5.74, 6) is 2.69. The number of halogens is 3. The Labute approximate surface area is 899 Å². The molecule has 11 aliphatic rings. The Kier molecular flexibility index (Phi) is 46.7. The molecule has 9 aliphatic carbocycles. The van der Waals surface area contributed by atoms with Crippen molar-refractivity contribution in [3.8, 4) is 51.7 Å². The smallest absolute Gasteiger partial charge is 0.870 e. The molecular formula is C110H132BBr3LiN3O30. The van der Waals surface area contributed by atoms with E-state index < -0.39 is 54.8 Å². The minimum atomic E-state index is -0.780. The molecule has 2 heterocycles. The molecule has 0 unspecified atom stereocenters. The Balaban J connectivity index is 0.000000342. The first-order chi connectivity index (χ1) is 67.8. The number of nitro groups is 2. The fourth-order valence-electron chi connectivity index (χ4n) is 17.5. The molecule has 10 N–H and O–H groups in total. The number of rotatable bonds is 25. The van der Waals surface area contributed by atoms with Gasteiger partial charge in [-0.1, -0.05) is 113 Å². The monoisotopic (exact) mass is 2230 g/mol. The number of nitro benzene ring substituents is 2. The third kappa shape index (κ3) is 30.0. The van der Waals surface area contributed by atoms with Crippen LogP contribution in [-0.2, 0) is 114 Å². The number of carbonyl (C=O) groups is 11. The molecular weight excluding hydrogens is 2100 g/mol. The SMILES string of the molecule is BrB(Br)Br.C.C.C.CC(=O)C1(c2ccc(O)c(N)c2)CC1.CC(=O)C1(c2ccc(O)c([N+](=O)[O-])c2)CC1.CC(=O)C1(c2ccc3c(c2)CC(=O)O3)CC1.CO.CO.COc1ccc(C2(C(=O)O)CC2)cc1.COc1ccc(C2(C(=O)O)CC2)cc1.COc1ccc(C2(C(C)=O)CC2)cc1.COc1ccc(C2(C(C)=O)CC2)cc1.COc1ccc(C2(C(C)=O)CC2)cc1[N+](=O)[O-].O=C1Cc2cc(C3(C(=O)O)CC3)ccc2O1.[Li+].[OH-]. The molecule has 9 aromatic carbocycles. The van der Waals surface area contributed by atoms with Crippen LogP contribution in [0.15, 0.2) is 188 Å². The molecule has 33 nitrogen and oxygen atoms in total. The number of Topliss-reactive ketones (excluding diaryl/α,β-unsaturated/α-hetero) is 6. The second-order valence-electron chi connectivity index (χ2n) is 36.5. The quantitative estimate of drug-likeness (QED) is 0.00501. The van der Waals surface area contributed by atoms with Crippen LogP contribution in [0.2, 0.25) is 0 Å². The van der Waals surface area contributed by atoms with Crippen molar-refractivity contribution in [2.75, 3.05) is 55.5 Å². The van der Waals surface area contributed by atoms with E-state index in [0.29, 0.717) is 42.0 Å². The maximum absolute atomic E-state index is 11.6. The van der Waals surface area contributed by atoms with Crippen LogP contribution in [0, 0.1) is 20.2 Å². The standard InChI is InChI=1S/C13H12O3.C12H13NO4.C12H10O4.2C12H14O2.C11H11NO4.C11H13NO2.2C11H12O3.2CH4O.3CH4.BBr3.Li.H2O/c1-8(14)13(4-5-13)10-2-3-11-9(6-10)7-12(15)16-11;1-8(14)12(5-6-12)9-3-4-11(17-2)10(7-9)13(15)16;13-10-6-7-5-8(1-2-9(7)16-10)12(3-4-12)11(14)15;2*1-9(13)12(7-8-12)10-3-5-11(14-2)6-4-10;1-7(13)11(4-5-11)8-2-3-10(14)9(6-8)12(15)16;1-7(13)11(4-5-11)8-2-3-10(14)9(12)6-8;2*1-14-9-4-2-8(3-5-9)11(6-7-11)10(12)13;2*1-2;;;;2-1(3)4;;/h2-3,6H,4-5,7H2,1H3;3-4,7H,5-6H2,1-2H3;1-2,5H,3-4,6H2,(H,14,15);2*3-6H,7-8H2,1-2H3;2-3,6,14H,4-5H2,1H3;2-3,6,14H,4-5,12H2,1H3;2*2-5H,6-7H2,1H3,(H,12,13);2*2H,1H3;3*1H4;;;1H2/q;;;;;;;;;;;;;;;+1;/p-1. The number of aromatic hydroxyl groups is 2. The zero-order chi connectivity index (χ0) is 106. The summed E-state index contributed by atoms with van der Waals surface area (Å²) >= 11 is 9.31.